The van der Waals surface area contributed by atoms with Crippen LogP contribution in [0, 0.1) is 0 Å². The largest absolute Gasteiger partial charge is 0.493 e. The number of ether oxygens (including phenoxy) is 2. The van der Waals surface area contributed by atoms with E-state index >= 15 is 0 Å². The Hall–Kier alpha value is -2.12. The quantitative estimate of drug-likeness (QED) is 0.691. The Morgan fingerprint density at radius 2 is 2.17 bits per heavy atom. The van der Waals surface area contributed by atoms with Crippen molar-refractivity contribution in [2.24, 2.45) is 0 Å². The highest BCUT2D eigenvalue weighted by Gasteiger charge is 2.32. The van der Waals surface area contributed by atoms with Gasteiger partial charge in [-0.2, -0.15) is 0 Å². The number of hydrogen-bond donors (Lipinski definition) is 3. The smallest absolute Gasteiger partial charge is 0.324 e. The van der Waals surface area contributed by atoms with E-state index in [1.165, 1.54) is 0 Å². The molecule has 0 spiro atoms. The van der Waals surface area contributed by atoms with Gasteiger partial charge in [0.25, 0.3) is 0 Å². The number of benzene rings is 1. The lowest BCUT2D eigenvalue weighted by atomic mass is 9.90. The summed E-state index contributed by atoms with van der Waals surface area (Å²) in [5, 5.41) is 2.92. The van der Waals surface area contributed by atoms with Gasteiger partial charge < -0.3 is 14.8 Å². The first-order valence-electron chi connectivity index (χ1n) is 8.36. The van der Waals surface area contributed by atoms with Crippen molar-refractivity contribution >= 4 is 11.9 Å². The van der Waals surface area contributed by atoms with Crippen LogP contribution in [0.1, 0.15) is 37.7 Å². The molecule has 0 saturated carbocycles. The highest BCUT2D eigenvalue weighted by Crippen LogP contribution is 2.35. The third-order valence-corrected chi connectivity index (χ3v) is 4.32. The van der Waals surface area contributed by atoms with Gasteiger partial charge in [0, 0.05) is 12.8 Å². The highest BCUT2D eigenvalue weighted by molar-refractivity contribution is 5.78. The molecule has 1 aromatic carbocycles. The predicted molar refractivity (Wildman–Crippen MR) is 87.2 cm³/mol. The number of hydrogen-bond acceptors (Lipinski definition) is 6. The van der Waals surface area contributed by atoms with Crippen LogP contribution in [-0.2, 0) is 14.3 Å². The predicted octanol–water partition coefficient (Wildman–Crippen LogP) is 0.815. The Morgan fingerprint density at radius 3 is 3.00 bits per heavy atom. The monoisotopic (exact) mass is 333 g/mol. The maximum atomic E-state index is 12.3. The number of rotatable bonds is 5. The summed E-state index contributed by atoms with van der Waals surface area (Å²) in [6, 6.07) is 7.42. The van der Waals surface area contributed by atoms with E-state index in [1.807, 2.05) is 24.3 Å². The first-order chi connectivity index (χ1) is 11.7. The zero-order chi connectivity index (χ0) is 16.9. The lowest BCUT2D eigenvalue weighted by molar-refractivity contribution is -0.145. The van der Waals surface area contributed by atoms with E-state index in [-0.39, 0.29) is 24.0 Å². The molecule has 3 unspecified atom stereocenters. The molecule has 3 N–H and O–H groups in total. The molecule has 7 heteroatoms. The van der Waals surface area contributed by atoms with Crippen molar-refractivity contribution < 1.29 is 19.1 Å². The molecule has 0 aliphatic carbocycles. The molecule has 3 rings (SSSR count). The number of carbonyl (C=O) groups excluding carboxylic acids is 2. The van der Waals surface area contributed by atoms with Crippen molar-refractivity contribution in [2.45, 2.75) is 44.3 Å². The Balaban J connectivity index is 1.51. The van der Waals surface area contributed by atoms with Crippen LogP contribution in [0.25, 0.3) is 0 Å². The Morgan fingerprint density at radius 1 is 1.33 bits per heavy atom. The number of nitrogens with one attached hydrogen (secondary N) is 3. The van der Waals surface area contributed by atoms with Crippen molar-refractivity contribution in [3.63, 3.8) is 0 Å². The summed E-state index contributed by atoms with van der Waals surface area (Å²) >= 11 is 0. The molecule has 1 saturated heterocycles. The molecule has 1 fully saturated rings. The standard InChI is InChI=1S/C17H23N3O4/c1-2-23-17(22)13-10-15(20-19-13)18-16(21)9-11-7-8-24-14-6-4-3-5-12(11)14/h3-6,11,13,15,19-20H,2,7-10H2,1H3,(H,18,21). The van der Waals surface area contributed by atoms with Crippen LogP contribution in [0.15, 0.2) is 24.3 Å². The van der Waals surface area contributed by atoms with E-state index in [0.717, 1.165) is 17.7 Å². The van der Waals surface area contributed by atoms with E-state index in [4.69, 9.17) is 9.47 Å². The lowest BCUT2D eigenvalue weighted by Gasteiger charge is -2.25. The van der Waals surface area contributed by atoms with Gasteiger partial charge in [-0.3, -0.25) is 9.59 Å². The summed E-state index contributed by atoms with van der Waals surface area (Å²) < 4.78 is 10.6. The molecule has 0 radical (unpaired) electrons. The van der Waals surface area contributed by atoms with E-state index in [9.17, 15) is 9.59 Å². The van der Waals surface area contributed by atoms with Crippen molar-refractivity contribution in [3.05, 3.63) is 29.8 Å². The third kappa shape index (κ3) is 3.85. The second-order valence-corrected chi connectivity index (χ2v) is 6.03. The van der Waals surface area contributed by atoms with Crippen LogP contribution in [0.5, 0.6) is 5.75 Å². The van der Waals surface area contributed by atoms with E-state index in [2.05, 4.69) is 16.2 Å². The van der Waals surface area contributed by atoms with Gasteiger partial charge in [0.2, 0.25) is 5.91 Å². The minimum atomic E-state index is -0.431. The molecule has 3 atom stereocenters. The van der Waals surface area contributed by atoms with Gasteiger partial charge in [-0.1, -0.05) is 18.2 Å². The SMILES string of the molecule is CCOC(=O)C1CC(NC(=O)CC2CCOc3ccccc32)NN1. The van der Waals surface area contributed by atoms with Crippen molar-refractivity contribution in [1.29, 1.82) is 0 Å². The molecule has 1 amide bonds. The molecule has 2 heterocycles. The Kier molecular flexibility index (Phi) is 5.32. The Bertz CT molecular complexity index is 607. The molecular weight excluding hydrogens is 310 g/mol. The van der Waals surface area contributed by atoms with Gasteiger partial charge in [0.05, 0.1) is 19.4 Å². The fourth-order valence-corrected chi connectivity index (χ4v) is 3.15. The average molecular weight is 333 g/mol. The van der Waals surface area contributed by atoms with Crippen LogP contribution >= 0.6 is 0 Å². The van der Waals surface area contributed by atoms with Crippen molar-refractivity contribution in [1.82, 2.24) is 16.2 Å². The van der Waals surface area contributed by atoms with E-state index < -0.39 is 6.04 Å². The maximum Gasteiger partial charge on any atom is 0.324 e. The van der Waals surface area contributed by atoms with Crippen LogP contribution in [0.2, 0.25) is 0 Å². The van der Waals surface area contributed by atoms with Gasteiger partial charge in [0.1, 0.15) is 11.8 Å². The summed E-state index contributed by atoms with van der Waals surface area (Å²) in [6.07, 6.45) is 1.42. The number of amides is 1. The average Bonchev–Trinajstić information content (AvgIpc) is 3.04. The summed E-state index contributed by atoms with van der Waals surface area (Å²) in [6.45, 7) is 2.74. The van der Waals surface area contributed by atoms with Crippen LogP contribution in [0.4, 0.5) is 0 Å². The summed E-state index contributed by atoms with van der Waals surface area (Å²) in [5.41, 5.74) is 6.87. The van der Waals surface area contributed by atoms with Crippen LogP contribution in [-0.4, -0.2) is 37.3 Å². The number of esters is 1. The zero-order valence-electron chi connectivity index (χ0n) is 13.7. The first-order valence-corrected chi connectivity index (χ1v) is 8.36. The minimum Gasteiger partial charge on any atom is -0.493 e. The first kappa shape index (κ1) is 16.7. The van der Waals surface area contributed by atoms with E-state index in [0.29, 0.717) is 26.1 Å². The lowest BCUT2D eigenvalue weighted by Crippen LogP contribution is -2.45. The molecule has 24 heavy (non-hydrogen) atoms. The van der Waals surface area contributed by atoms with Crippen LogP contribution < -0.4 is 20.9 Å². The number of hydrazine groups is 1. The third-order valence-electron chi connectivity index (χ3n) is 4.32. The Labute approximate surface area is 141 Å². The summed E-state index contributed by atoms with van der Waals surface area (Å²) in [4.78, 5) is 24.0. The van der Waals surface area contributed by atoms with Crippen molar-refractivity contribution in [3.8, 4) is 5.75 Å². The number of para-hydroxylation sites is 1. The molecule has 7 nitrogen and oxygen atoms in total. The molecule has 1 aromatic rings. The summed E-state index contributed by atoms with van der Waals surface area (Å²) in [5.74, 6) is 0.676. The minimum absolute atomic E-state index is 0.0412. The topological polar surface area (TPSA) is 88.7 Å². The molecule has 2 aliphatic heterocycles. The zero-order valence-corrected chi connectivity index (χ0v) is 13.7. The second kappa shape index (κ2) is 7.63. The second-order valence-electron chi connectivity index (χ2n) is 6.03. The van der Waals surface area contributed by atoms with E-state index in [1.54, 1.807) is 6.92 Å². The van der Waals surface area contributed by atoms with Gasteiger partial charge >= 0.3 is 5.97 Å². The van der Waals surface area contributed by atoms with Gasteiger partial charge in [-0.25, -0.2) is 10.9 Å². The fourth-order valence-electron chi connectivity index (χ4n) is 3.15. The van der Waals surface area contributed by atoms with Gasteiger partial charge in [-0.15, -0.1) is 0 Å². The van der Waals surface area contributed by atoms with Crippen molar-refractivity contribution in [2.75, 3.05) is 13.2 Å². The summed E-state index contributed by atoms with van der Waals surface area (Å²) in [7, 11) is 0. The van der Waals surface area contributed by atoms with Crippen LogP contribution in [0.3, 0.4) is 0 Å². The maximum absolute atomic E-state index is 12.3. The molecular formula is C17H23N3O4. The molecule has 2 aliphatic rings. The molecule has 0 bridgehead atoms. The molecule has 0 aromatic heterocycles. The fraction of sp³-hybridized carbons (Fsp3) is 0.529. The number of carbonyl (C=O) groups is 2. The normalized spacial score (nSPS) is 25.5. The van der Waals surface area contributed by atoms with Gasteiger partial charge in [-0.05, 0) is 30.9 Å². The molecule has 130 valence electrons. The number of fused-ring (bicyclic) bond motifs is 1. The van der Waals surface area contributed by atoms with Gasteiger partial charge in [0.15, 0.2) is 0 Å². The highest BCUT2D eigenvalue weighted by atomic mass is 16.5.